The Balaban J connectivity index is 2.22. The summed E-state index contributed by atoms with van der Waals surface area (Å²) in [4.78, 5) is 0. The highest BCUT2D eigenvalue weighted by molar-refractivity contribution is 7.84. The lowest BCUT2D eigenvalue weighted by Gasteiger charge is -2.00. The van der Waals surface area contributed by atoms with Gasteiger partial charge in [-0.25, -0.2) is 0 Å². The van der Waals surface area contributed by atoms with Crippen LogP contribution in [0.15, 0.2) is 18.5 Å². The summed E-state index contributed by atoms with van der Waals surface area (Å²) in [6, 6.07) is 1.85. The molecule has 4 nitrogen and oxygen atoms in total. The fourth-order valence-corrected chi connectivity index (χ4v) is 1.72. The summed E-state index contributed by atoms with van der Waals surface area (Å²) >= 11 is 0. The molecule has 0 spiro atoms. The molecule has 0 saturated heterocycles. The topological polar surface area (TPSA) is 60.9 Å². The third-order valence-electron chi connectivity index (χ3n) is 1.45. The van der Waals surface area contributed by atoms with E-state index in [1.807, 2.05) is 12.3 Å². The second-order valence-corrected chi connectivity index (χ2v) is 4.10. The molecule has 1 rings (SSSR count). The van der Waals surface area contributed by atoms with Crippen LogP contribution in [0.2, 0.25) is 0 Å². The third-order valence-corrected chi connectivity index (χ3v) is 2.78. The maximum atomic E-state index is 11.1. The third kappa shape index (κ3) is 3.15. The molecule has 68 valence electrons. The van der Waals surface area contributed by atoms with Crippen molar-refractivity contribution in [2.75, 3.05) is 18.1 Å². The first-order valence-corrected chi connectivity index (χ1v) is 5.34. The minimum Gasteiger partial charge on any atom is -0.330 e. The number of hydrogen-bond donors (Lipinski definition) is 1. The standard InChI is InChI=1S/C7H13N3OS/c8-2-6-12(11)7-5-10-4-1-3-9-10/h1,3-4H,2,5-8H2. The van der Waals surface area contributed by atoms with E-state index in [-0.39, 0.29) is 0 Å². The number of aryl methyl sites for hydroxylation is 1. The predicted octanol–water partition coefficient (Wildman–Crippen LogP) is -0.409. The Bertz CT molecular complexity index is 235. The van der Waals surface area contributed by atoms with Crippen molar-refractivity contribution >= 4 is 10.8 Å². The molecule has 1 atom stereocenters. The molecular formula is C7H13N3OS. The van der Waals surface area contributed by atoms with Crippen molar-refractivity contribution in [3.8, 4) is 0 Å². The molecular weight excluding hydrogens is 174 g/mol. The number of nitrogens with zero attached hydrogens (tertiary/aromatic N) is 2. The average molecular weight is 187 g/mol. The molecule has 0 saturated carbocycles. The van der Waals surface area contributed by atoms with Crippen molar-refractivity contribution in [2.45, 2.75) is 6.54 Å². The van der Waals surface area contributed by atoms with Crippen molar-refractivity contribution in [3.63, 3.8) is 0 Å². The molecule has 0 fully saturated rings. The number of hydrogen-bond acceptors (Lipinski definition) is 3. The highest BCUT2D eigenvalue weighted by Gasteiger charge is 1.98. The van der Waals surface area contributed by atoms with Crippen LogP contribution in [-0.2, 0) is 17.3 Å². The van der Waals surface area contributed by atoms with Crippen LogP contribution in [0.5, 0.6) is 0 Å². The summed E-state index contributed by atoms with van der Waals surface area (Å²) < 4.78 is 12.9. The van der Waals surface area contributed by atoms with Crippen LogP contribution in [0.3, 0.4) is 0 Å². The molecule has 1 aromatic heterocycles. The summed E-state index contributed by atoms with van der Waals surface area (Å²) in [5.41, 5.74) is 5.26. The maximum Gasteiger partial charge on any atom is 0.0524 e. The molecule has 0 aliphatic rings. The van der Waals surface area contributed by atoms with E-state index in [4.69, 9.17) is 5.73 Å². The van der Waals surface area contributed by atoms with E-state index in [1.54, 1.807) is 10.9 Å². The fraction of sp³-hybridized carbons (Fsp3) is 0.571. The van der Waals surface area contributed by atoms with Crippen molar-refractivity contribution in [1.29, 1.82) is 0 Å². The van der Waals surface area contributed by atoms with Crippen LogP contribution in [0.1, 0.15) is 0 Å². The molecule has 2 N–H and O–H groups in total. The maximum absolute atomic E-state index is 11.1. The highest BCUT2D eigenvalue weighted by atomic mass is 32.2. The van der Waals surface area contributed by atoms with Crippen molar-refractivity contribution in [3.05, 3.63) is 18.5 Å². The second-order valence-electron chi connectivity index (χ2n) is 2.41. The summed E-state index contributed by atoms with van der Waals surface area (Å²) in [5, 5.41) is 4.00. The molecule has 0 aliphatic heterocycles. The molecule has 0 aromatic carbocycles. The van der Waals surface area contributed by atoms with E-state index in [9.17, 15) is 4.21 Å². The Kier molecular flexibility index (Phi) is 3.96. The van der Waals surface area contributed by atoms with Crippen LogP contribution in [-0.4, -0.2) is 32.0 Å². The fourth-order valence-electron chi connectivity index (χ4n) is 0.862. The average Bonchev–Trinajstić information content (AvgIpc) is 2.53. The van der Waals surface area contributed by atoms with Crippen LogP contribution >= 0.6 is 0 Å². The molecule has 5 heteroatoms. The van der Waals surface area contributed by atoms with Gasteiger partial charge in [0.15, 0.2) is 0 Å². The molecule has 12 heavy (non-hydrogen) atoms. The van der Waals surface area contributed by atoms with Gasteiger partial charge in [-0.1, -0.05) is 0 Å². The van der Waals surface area contributed by atoms with Crippen LogP contribution in [0, 0.1) is 0 Å². The Morgan fingerprint density at radius 3 is 2.92 bits per heavy atom. The quantitative estimate of drug-likeness (QED) is 0.681. The zero-order valence-electron chi connectivity index (χ0n) is 6.85. The van der Waals surface area contributed by atoms with E-state index >= 15 is 0 Å². The summed E-state index contributed by atoms with van der Waals surface area (Å²) in [5.74, 6) is 1.22. The van der Waals surface area contributed by atoms with Gasteiger partial charge < -0.3 is 5.73 Å². The Hall–Kier alpha value is -0.680. The molecule has 0 bridgehead atoms. The van der Waals surface area contributed by atoms with Gasteiger partial charge in [-0.05, 0) is 6.07 Å². The van der Waals surface area contributed by atoms with Gasteiger partial charge >= 0.3 is 0 Å². The van der Waals surface area contributed by atoms with Crippen LogP contribution in [0.4, 0.5) is 0 Å². The number of aromatic nitrogens is 2. The summed E-state index contributed by atoms with van der Waals surface area (Å²) in [6.45, 7) is 1.20. The van der Waals surface area contributed by atoms with E-state index in [2.05, 4.69) is 5.10 Å². The van der Waals surface area contributed by atoms with Gasteiger partial charge in [0.2, 0.25) is 0 Å². The lowest BCUT2D eigenvalue weighted by atomic mass is 10.7. The largest absolute Gasteiger partial charge is 0.330 e. The van der Waals surface area contributed by atoms with Gasteiger partial charge in [-0.2, -0.15) is 5.10 Å². The second kappa shape index (κ2) is 5.05. The number of nitrogens with two attached hydrogens (primary N) is 1. The van der Waals surface area contributed by atoms with Gasteiger partial charge in [-0.15, -0.1) is 0 Å². The van der Waals surface area contributed by atoms with Gasteiger partial charge in [0, 0.05) is 41.2 Å². The van der Waals surface area contributed by atoms with Gasteiger partial charge in [-0.3, -0.25) is 8.89 Å². The van der Waals surface area contributed by atoms with Crippen molar-refractivity contribution in [1.82, 2.24) is 9.78 Å². The molecule has 1 unspecified atom stereocenters. The minimum absolute atomic E-state index is 0.492. The first kappa shape index (κ1) is 9.41. The lowest BCUT2D eigenvalue weighted by Crippen LogP contribution is -2.15. The minimum atomic E-state index is -0.790. The Labute approximate surface area is 74.2 Å². The molecule has 0 radical (unpaired) electrons. The number of rotatable bonds is 5. The van der Waals surface area contributed by atoms with Crippen LogP contribution in [0.25, 0.3) is 0 Å². The first-order valence-electron chi connectivity index (χ1n) is 3.85. The lowest BCUT2D eigenvalue weighted by molar-refractivity contribution is 0.644. The van der Waals surface area contributed by atoms with Gasteiger partial charge in [0.1, 0.15) is 0 Å². The van der Waals surface area contributed by atoms with E-state index in [0.29, 0.717) is 24.6 Å². The normalized spacial score (nSPS) is 13.1. The van der Waals surface area contributed by atoms with E-state index in [0.717, 1.165) is 0 Å². The zero-order valence-corrected chi connectivity index (χ0v) is 7.67. The Morgan fingerprint density at radius 1 is 1.50 bits per heavy atom. The van der Waals surface area contributed by atoms with Crippen molar-refractivity contribution in [2.24, 2.45) is 5.73 Å². The first-order chi connectivity index (χ1) is 5.83. The molecule has 0 aliphatic carbocycles. The SMILES string of the molecule is NCCS(=O)CCn1cccn1. The predicted molar refractivity (Wildman–Crippen MR) is 49.2 cm³/mol. The summed E-state index contributed by atoms with van der Waals surface area (Å²) in [6.07, 6.45) is 3.57. The van der Waals surface area contributed by atoms with E-state index < -0.39 is 10.8 Å². The Morgan fingerprint density at radius 2 is 2.33 bits per heavy atom. The monoisotopic (exact) mass is 187 g/mol. The zero-order chi connectivity index (χ0) is 8.81. The highest BCUT2D eigenvalue weighted by Crippen LogP contribution is 1.87. The molecule has 1 heterocycles. The molecule has 0 amide bonds. The van der Waals surface area contributed by atoms with Gasteiger partial charge in [0.25, 0.3) is 0 Å². The smallest absolute Gasteiger partial charge is 0.0524 e. The van der Waals surface area contributed by atoms with Crippen molar-refractivity contribution < 1.29 is 4.21 Å². The van der Waals surface area contributed by atoms with Gasteiger partial charge in [0.05, 0.1) is 6.54 Å². The molecule has 1 aromatic rings. The van der Waals surface area contributed by atoms with E-state index in [1.165, 1.54) is 0 Å². The van der Waals surface area contributed by atoms with Crippen LogP contribution < -0.4 is 5.73 Å². The summed E-state index contributed by atoms with van der Waals surface area (Å²) in [7, 11) is -0.790.